The maximum atomic E-state index is 13.0. The fourth-order valence-corrected chi connectivity index (χ4v) is 2.01. The summed E-state index contributed by atoms with van der Waals surface area (Å²) in [4.78, 5) is 28.5. The van der Waals surface area contributed by atoms with Crippen molar-refractivity contribution in [2.45, 2.75) is 13.3 Å². The van der Waals surface area contributed by atoms with Gasteiger partial charge in [-0.15, -0.1) is 5.48 Å². The number of carbonyl (C=O) groups excluding carboxylic acids is 2. The molecule has 0 aliphatic rings. The second-order valence-corrected chi connectivity index (χ2v) is 4.81. The minimum atomic E-state index is -0.853. The molecule has 0 fully saturated rings. The number of hydroxylamine groups is 1. The molecule has 2 aromatic rings. The topological polar surface area (TPSA) is 73.2 Å². The number of rotatable bonds is 6. The summed E-state index contributed by atoms with van der Waals surface area (Å²) in [5, 5.41) is 4.10. The number of aryl methyl sites for hydroxylation is 2. The molecule has 122 valence electrons. The zero-order valence-corrected chi connectivity index (χ0v) is 12.6. The predicted molar refractivity (Wildman–Crippen MR) is 76.7 cm³/mol. The van der Waals surface area contributed by atoms with Crippen molar-refractivity contribution >= 4 is 11.8 Å². The average Bonchev–Trinajstić information content (AvgIpc) is 2.87. The lowest BCUT2D eigenvalue weighted by atomic mass is 10.1. The van der Waals surface area contributed by atoms with E-state index in [0.717, 1.165) is 12.1 Å². The number of nitrogens with zero attached hydrogens (tertiary/aromatic N) is 2. The predicted octanol–water partition coefficient (Wildman–Crippen LogP) is 1.80. The van der Waals surface area contributed by atoms with Gasteiger partial charge in [0.25, 0.3) is 0 Å². The lowest BCUT2D eigenvalue weighted by molar-refractivity contribution is 0.0258. The molecule has 0 amide bonds. The molecule has 0 aliphatic heterocycles. The third kappa shape index (κ3) is 4.19. The van der Waals surface area contributed by atoms with E-state index in [1.54, 1.807) is 7.05 Å². The summed E-state index contributed by atoms with van der Waals surface area (Å²) in [6.07, 6.45) is 2.05. The molecule has 0 bridgehead atoms. The van der Waals surface area contributed by atoms with E-state index in [4.69, 9.17) is 4.84 Å². The Morgan fingerprint density at radius 2 is 1.91 bits per heavy atom. The molecule has 23 heavy (non-hydrogen) atoms. The van der Waals surface area contributed by atoms with Crippen molar-refractivity contribution in [1.29, 1.82) is 0 Å². The number of hydrogen-bond acceptors (Lipinski definition) is 5. The van der Waals surface area contributed by atoms with Crippen LogP contribution in [-0.2, 0) is 18.3 Å². The Morgan fingerprint density at radius 3 is 2.52 bits per heavy atom. The molecular formula is C15H15F2N3O3. The number of hydrogen-bond donors (Lipinski definition) is 1. The van der Waals surface area contributed by atoms with E-state index in [2.05, 4.69) is 10.6 Å². The van der Waals surface area contributed by atoms with E-state index >= 15 is 0 Å². The van der Waals surface area contributed by atoms with Gasteiger partial charge in [0, 0.05) is 24.9 Å². The van der Waals surface area contributed by atoms with Crippen LogP contribution in [0.3, 0.4) is 0 Å². The molecule has 6 nitrogen and oxygen atoms in total. The maximum Gasteiger partial charge on any atom is 0.360 e. The molecule has 8 heteroatoms. The highest BCUT2D eigenvalue weighted by atomic mass is 19.1. The number of ketones is 1. The highest BCUT2D eigenvalue weighted by Gasteiger charge is 2.17. The van der Waals surface area contributed by atoms with Gasteiger partial charge < -0.3 is 4.84 Å². The molecular weight excluding hydrogens is 308 g/mol. The SMILES string of the molecule is CCc1nn(C)cc1C(=O)ONCC(=O)c1cc(F)cc(F)c1. The Hall–Kier alpha value is -2.61. The van der Waals surface area contributed by atoms with E-state index in [-0.39, 0.29) is 11.1 Å². The molecule has 1 heterocycles. The average molecular weight is 323 g/mol. The van der Waals surface area contributed by atoms with Gasteiger partial charge >= 0.3 is 5.97 Å². The highest BCUT2D eigenvalue weighted by Crippen LogP contribution is 2.10. The van der Waals surface area contributed by atoms with Crippen molar-refractivity contribution in [3.05, 3.63) is 52.9 Å². The summed E-state index contributed by atoms with van der Waals surface area (Å²) in [7, 11) is 1.67. The number of nitrogens with one attached hydrogen (secondary N) is 1. The minimum Gasteiger partial charge on any atom is -0.366 e. The minimum absolute atomic E-state index is 0.151. The van der Waals surface area contributed by atoms with Crippen LogP contribution in [0.25, 0.3) is 0 Å². The largest absolute Gasteiger partial charge is 0.366 e. The van der Waals surface area contributed by atoms with Crippen molar-refractivity contribution in [2.75, 3.05) is 6.54 Å². The third-order valence-electron chi connectivity index (χ3n) is 3.04. The van der Waals surface area contributed by atoms with Crippen LogP contribution in [0.15, 0.2) is 24.4 Å². The summed E-state index contributed by atoms with van der Waals surface area (Å²) < 4.78 is 27.6. The van der Waals surface area contributed by atoms with Crippen LogP contribution in [-0.4, -0.2) is 28.1 Å². The zero-order valence-electron chi connectivity index (χ0n) is 12.6. The van der Waals surface area contributed by atoms with Crippen LogP contribution in [0.4, 0.5) is 8.78 Å². The Bertz CT molecular complexity index is 723. The molecule has 0 unspecified atom stereocenters. The number of halogens is 2. The first-order valence-electron chi connectivity index (χ1n) is 6.86. The van der Waals surface area contributed by atoms with Crippen molar-refractivity contribution in [3.8, 4) is 0 Å². The molecule has 0 aliphatic carbocycles. The van der Waals surface area contributed by atoms with Crippen LogP contribution in [0.1, 0.15) is 33.3 Å². The smallest absolute Gasteiger partial charge is 0.360 e. The molecule has 0 saturated heterocycles. The molecule has 2 rings (SSSR count). The number of aromatic nitrogens is 2. The molecule has 0 saturated carbocycles. The first-order chi connectivity index (χ1) is 10.9. The lowest BCUT2D eigenvalue weighted by Gasteiger charge is -2.05. The Labute approximate surface area is 131 Å². The van der Waals surface area contributed by atoms with Gasteiger partial charge in [0.2, 0.25) is 0 Å². The Morgan fingerprint density at radius 1 is 1.26 bits per heavy atom. The first kappa shape index (κ1) is 16.8. The summed E-state index contributed by atoms with van der Waals surface area (Å²) in [6, 6.07) is 2.48. The van der Waals surface area contributed by atoms with Gasteiger partial charge in [-0.1, -0.05) is 6.92 Å². The standard InChI is InChI=1S/C15H15F2N3O3/c1-3-13-12(8-20(2)19-13)15(22)23-18-7-14(21)9-4-10(16)6-11(17)5-9/h4-6,8,18H,3,7H2,1-2H3. The van der Waals surface area contributed by atoms with E-state index in [1.165, 1.54) is 10.9 Å². The monoisotopic (exact) mass is 323 g/mol. The third-order valence-corrected chi connectivity index (χ3v) is 3.04. The van der Waals surface area contributed by atoms with Crippen LogP contribution >= 0.6 is 0 Å². The summed E-state index contributed by atoms with van der Waals surface area (Å²) in [5.41, 5.74) is 2.90. The summed E-state index contributed by atoms with van der Waals surface area (Å²) >= 11 is 0. The zero-order chi connectivity index (χ0) is 17.0. The molecule has 1 aromatic carbocycles. The quantitative estimate of drug-likeness (QED) is 0.648. The van der Waals surface area contributed by atoms with Gasteiger partial charge in [0.15, 0.2) is 5.78 Å². The number of benzene rings is 1. The van der Waals surface area contributed by atoms with Gasteiger partial charge in [-0.3, -0.25) is 9.48 Å². The molecule has 0 radical (unpaired) electrons. The van der Waals surface area contributed by atoms with Crippen molar-refractivity contribution in [2.24, 2.45) is 7.05 Å². The van der Waals surface area contributed by atoms with Gasteiger partial charge in [-0.05, 0) is 18.6 Å². The van der Waals surface area contributed by atoms with Crippen LogP contribution in [0, 0.1) is 11.6 Å². The van der Waals surface area contributed by atoms with Crippen LogP contribution < -0.4 is 5.48 Å². The van der Waals surface area contributed by atoms with E-state index in [9.17, 15) is 18.4 Å². The lowest BCUT2D eigenvalue weighted by Crippen LogP contribution is -2.27. The van der Waals surface area contributed by atoms with Crippen molar-refractivity contribution in [1.82, 2.24) is 15.3 Å². The molecule has 1 aromatic heterocycles. The summed E-state index contributed by atoms with van der Waals surface area (Å²) in [6.45, 7) is 1.44. The summed E-state index contributed by atoms with van der Waals surface area (Å²) in [5.74, 6) is -3.01. The second-order valence-electron chi connectivity index (χ2n) is 4.81. The fourth-order valence-electron chi connectivity index (χ4n) is 2.01. The van der Waals surface area contributed by atoms with E-state index in [0.29, 0.717) is 18.2 Å². The Balaban J connectivity index is 1.93. The highest BCUT2D eigenvalue weighted by molar-refractivity contribution is 5.97. The van der Waals surface area contributed by atoms with Crippen LogP contribution in [0.5, 0.6) is 0 Å². The number of carbonyl (C=O) groups is 2. The van der Waals surface area contributed by atoms with Gasteiger partial charge in [0.05, 0.1) is 12.2 Å². The first-order valence-corrected chi connectivity index (χ1v) is 6.86. The maximum absolute atomic E-state index is 13.0. The fraction of sp³-hybridized carbons (Fsp3) is 0.267. The molecule has 0 atom stereocenters. The van der Waals surface area contributed by atoms with Gasteiger partial charge in [-0.25, -0.2) is 13.6 Å². The molecule has 0 spiro atoms. The van der Waals surface area contributed by atoms with Crippen molar-refractivity contribution in [3.63, 3.8) is 0 Å². The second kappa shape index (κ2) is 7.10. The molecule has 1 N–H and O–H groups in total. The van der Waals surface area contributed by atoms with Gasteiger partial charge in [-0.2, -0.15) is 5.10 Å². The van der Waals surface area contributed by atoms with E-state index < -0.39 is 29.9 Å². The van der Waals surface area contributed by atoms with Crippen LogP contribution in [0.2, 0.25) is 0 Å². The Kier molecular flexibility index (Phi) is 5.17. The van der Waals surface area contributed by atoms with E-state index in [1.807, 2.05) is 6.92 Å². The van der Waals surface area contributed by atoms with Crippen molar-refractivity contribution < 1.29 is 23.2 Å². The normalized spacial score (nSPS) is 10.6. The number of Topliss-reactive ketones (excluding diaryl/α,β-unsaturated/α-hetero) is 1. The van der Waals surface area contributed by atoms with Gasteiger partial charge in [0.1, 0.15) is 17.2 Å².